The molecule has 3 heteroatoms. The van der Waals surface area contributed by atoms with E-state index in [2.05, 4.69) is 13.5 Å². The fourth-order valence-electron chi connectivity index (χ4n) is 7.32. The lowest BCUT2D eigenvalue weighted by Crippen LogP contribution is -2.36. The van der Waals surface area contributed by atoms with Crippen LogP contribution in [0.5, 0.6) is 0 Å². The highest BCUT2D eigenvalue weighted by Crippen LogP contribution is 2.59. The summed E-state index contributed by atoms with van der Waals surface area (Å²) >= 11 is 0. The predicted molar refractivity (Wildman–Crippen MR) is 104 cm³/mol. The van der Waals surface area contributed by atoms with Crippen molar-refractivity contribution in [3.63, 3.8) is 0 Å². The van der Waals surface area contributed by atoms with Crippen molar-refractivity contribution in [2.45, 2.75) is 95.9 Å². The molecule has 4 rings (SSSR count). The first kappa shape index (κ1) is 19.0. The lowest BCUT2D eigenvalue weighted by molar-refractivity contribution is -0.0408. The van der Waals surface area contributed by atoms with Crippen molar-refractivity contribution in [3.8, 4) is 0 Å². The third-order valence-corrected chi connectivity index (χ3v) is 8.71. The van der Waals surface area contributed by atoms with Crippen LogP contribution in [0.1, 0.15) is 77.6 Å². The SMILES string of the molecule is C=C1C[C@H](O)CC1(CC1CC2CC(O)C(O)CC2C1)C1CCC(C)CC1. The molecule has 6 atom stereocenters. The summed E-state index contributed by atoms with van der Waals surface area (Å²) < 4.78 is 0. The summed E-state index contributed by atoms with van der Waals surface area (Å²) in [5.41, 5.74) is 1.47. The molecule has 3 nitrogen and oxygen atoms in total. The van der Waals surface area contributed by atoms with Gasteiger partial charge in [-0.15, -0.1) is 0 Å². The fraction of sp³-hybridized carbons (Fsp3) is 0.913. The second-order valence-electron chi connectivity index (χ2n) is 10.4. The number of aliphatic hydroxyl groups is 3. The summed E-state index contributed by atoms with van der Waals surface area (Å²) in [6.45, 7) is 6.84. The summed E-state index contributed by atoms with van der Waals surface area (Å²) in [4.78, 5) is 0. The van der Waals surface area contributed by atoms with Crippen molar-refractivity contribution in [1.82, 2.24) is 0 Å². The van der Waals surface area contributed by atoms with E-state index < -0.39 is 12.2 Å². The van der Waals surface area contributed by atoms with Gasteiger partial charge in [-0.2, -0.15) is 0 Å². The highest BCUT2D eigenvalue weighted by Gasteiger charge is 2.51. The Bertz CT molecular complexity index is 506. The van der Waals surface area contributed by atoms with Gasteiger partial charge in [-0.3, -0.25) is 0 Å². The number of aliphatic hydroxyl groups excluding tert-OH is 3. The highest BCUT2D eigenvalue weighted by atomic mass is 16.3. The summed E-state index contributed by atoms with van der Waals surface area (Å²) in [5.74, 6) is 3.38. The van der Waals surface area contributed by atoms with Crippen LogP contribution in [0.3, 0.4) is 0 Å². The van der Waals surface area contributed by atoms with Gasteiger partial charge in [0.2, 0.25) is 0 Å². The second-order valence-corrected chi connectivity index (χ2v) is 10.4. The first-order valence-electron chi connectivity index (χ1n) is 11.1. The van der Waals surface area contributed by atoms with E-state index in [0.29, 0.717) is 23.7 Å². The normalized spacial score (nSPS) is 52.2. The molecule has 4 aliphatic rings. The topological polar surface area (TPSA) is 60.7 Å². The Morgan fingerprint density at radius 2 is 1.50 bits per heavy atom. The zero-order valence-electron chi connectivity index (χ0n) is 16.4. The Morgan fingerprint density at radius 3 is 2.00 bits per heavy atom. The van der Waals surface area contributed by atoms with E-state index in [-0.39, 0.29) is 11.5 Å². The van der Waals surface area contributed by atoms with Crippen molar-refractivity contribution in [3.05, 3.63) is 12.2 Å². The molecule has 0 aliphatic heterocycles. The maximum atomic E-state index is 10.4. The predicted octanol–water partition coefficient (Wildman–Crippen LogP) is 4.06. The number of rotatable bonds is 3. The molecule has 0 radical (unpaired) electrons. The van der Waals surface area contributed by atoms with Crippen LogP contribution in [0.2, 0.25) is 0 Å². The summed E-state index contributed by atoms with van der Waals surface area (Å²) in [7, 11) is 0. The van der Waals surface area contributed by atoms with Gasteiger partial charge in [-0.05, 0) is 92.8 Å². The summed E-state index contributed by atoms with van der Waals surface area (Å²) in [6, 6.07) is 0. The molecule has 0 heterocycles. The fourth-order valence-corrected chi connectivity index (χ4v) is 7.32. The standard InChI is InChI=1S/C23H38O3/c1-14-3-5-19(6-4-14)23(13-20(24)7-15(23)2)12-16-8-17-10-21(25)22(26)11-18(17)9-16/h14,16-22,24-26H,2-13H2,1H3/t14?,16?,17?,18?,19?,20-,21?,22?,23?/m0/s1. The maximum Gasteiger partial charge on any atom is 0.0802 e. The van der Waals surface area contributed by atoms with Crippen molar-refractivity contribution in [1.29, 1.82) is 0 Å². The molecule has 5 unspecified atom stereocenters. The molecule has 0 amide bonds. The van der Waals surface area contributed by atoms with Crippen LogP contribution in [0.4, 0.5) is 0 Å². The minimum atomic E-state index is -0.521. The molecule has 26 heavy (non-hydrogen) atoms. The van der Waals surface area contributed by atoms with Gasteiger partial charge in [-0.25, -0.2) is 0 Å². The van der Waals surface area contributed by atoms with Crippen molar-refractivity contribution in [2.75, 3.05) is 0 Å². The number of hydrogen-bond acceptors (Lipinski definition) is 3. The van der Waals surface area contributed by atoms with E-state index in [1.807, 2.05) is 0 Å². The minimum absolute atomic E-state index is 0.148. The van der Waals surface area contributed by atoms with Gasteiger partial charge in [0.15, 0.2) is 0 Å². The van der Waals surface area contributed by atoms with Gasteiger partial charge in [0.1, 0.15) is 0 Å². The quantitative estimate of drug-likeness (QED) is 0.664. The lowest BCUT2D eigenvalue weighted by Gasteiger charge is -2.44. The molecule has 0 saturated heterocycles. The van der Waals surface area contributed by atoms with E-state index in [4.69, 9.17) is 0 Å². The molecule has 0 bridgehead atoms. The van der Waals surface area contributed by atoms with Gasteiger partial charge >= 0.3 is 0 Å². The Labute approximate surface area is 158 Å². The van der Waals surface area contributed by atoms with Gasteiger partial charge in [0.25, 0.3) is 0 Å². The molecular weight excluding hydrogens is 324 g/mol. The lowest BCUT2D eigenvalue weighted by atomic mass is 9.61. The number of fused-ring (bicyclic) bond motifs is 1. The minimum Gasteiger partial charge on any atom is -0.393 e. The molecule has 4 saturated carbocycles. The van der Waals surface area contributed by atoms with Crippen LogP contribution in [0.25, 0.3) is 0 Å². The zero-order valence-corrected chi connectivity index (χ0v) is 16.4. The molecule has 0 spiro atoms. The smallest absolute Gasteiger partial charge is 0.0802 e. The average Bonchev–Trinajstić information content (AvgIpc) is 3.08. The van der Waals surface area contributed by atoms with Crippen LogP contribution in [-0.2, 0) is 0 Å². The third kappa shape index (κ3) is 3.40. The third-order valence-electron chi connectivity index (χ3n) is 8.71. The van der Waals surface area contributed by atoms with Crippen molar-refractivity contribution < 1.29 is 15.3 Å². The molecule has 4 aliphatic carbocycles. The molecule has 0 aromatic carbocycles. The van der Waals surface area contributed by atoms with Gasteiger partial charge in [0, 0.05) is 0 Å². The van der Waals surface area contributed by atoms with Gasteiger partial charge in [-0.1, -0.05) is 31.9 Å². The Morgan fingerprint density at radius 1 is 0.923 bits per heavy atom. The monoisotopic (exact) mass is 362 g/mol. The summed E-state index contributed by atoms with van der Waals surface area (Å²) in [5, 5.41) is 30.5. The van der Waals surface area contributed by atoms with Crippen LogP contribution in [0.15, 0.2) is 12.2 Å². The zero-order chi connectivity index (χ0) is 18.5. The van der Waals surface area contributed by atoms with Crippen LogP contribution >= 0.6 is 0 Å². The largest absolute Gasteiger partial charge is 0.393 e. The Kier molecular flexibility index (Phi) is 5.26. The molecule has 3 N–H and O–H groups in total. The molecular formula is C23H38O3. The molecule has 0 aromatic rings. The molecule has 0 aromatic heterocycles. The maximum absolute atomic E-state index is 10.4. The first-order valence-corrected chi connectivity index (χ1v) is 11.1. The second kappa shape index (κ2) is 7.22. The Balaban J connectivity index is 1.49. The van der Waals surface area contributed by atoms with Gasteiger partial charge in [0.05, 0.1) is 18.3 Å². The molecule has 4 fully saturated rings. The van der Waals surface area contributed by atoms with Crippen molar-refractivity contribution >= 4 is 0 Å². The van der Waals surface area contributed by atoms with E-state index in [9.17, 15) is 15.3 Å². The summed E-state index contributed by atoms with van der Waals surface area (Å²) in [6.07, 6.45) is 10.8. The number of hydrogen-bond donors (Lipinski definition) is 3. The van der Waals surface area contributed by atoms with E-state index in [1.54, 1.807) is 0 Å². The van der Waals surface area contributed by atoms with E-state index >= 15 is 0 Å². The first-order chi connectivity index (χ1) is 12.4. The van der Waals surface area contributed by atoms with E-state index in [0.717, 1.165) is 31.6 Å². The molecule has 148 valence electrons. The van der Waals surface area contributed by atoms with Gasteiger partial charge < -0.3 is 15.3 Å². The van der Waals surface area contributed by atoms with Crippen LogP contribution in [-0.4, -0.2) is 33.6 Å². The van der Waals surface area contributed by atoms with Crippen molar-refractivity contribution in [2.24, 2.45) is 35.0 Å². The highest BCUT2D eigenvalue weighted by molar-refractivity contribution is 5.21. The van der Waals surface area contributed by atoms with Crippen LogP contribution in [0, 0.1) is 35.0 Å². The van der Waals surface area contributed by atoms with E-state index in [1.165, 1.54) is 50.5 Å². The Hall–Kier alpha value is -0.380. The average molecular weight is 363 g/mol. The van der Waals surface area contributed by atoms with Crippen LogP contribution < -0.4 is 0 Å².